The maximum absolute atomic E-state index is 12.1. The number of aromatic nitrogens is 2. The van der Waals surface area contributed by atoms with Gasteiger partial charge >= 0.3 is 0 Å². The van der Waals surface area contributed by atoms with Gasteiger partial charge in [-0.2, -0.15) is 0 Å². The predicted molar refractivity (Wildman–Crippen MR) is 72.1 cm³/mol. The fourth-order valence-corrected chi connectivity index (χ4v) is 4.02. The Hall–Kier alpha value is -1.01. The third kappa shape index (κ3) is 2.17. The lowest BCUT2D eigenvalue weighted by Crippen LogP contribution is -2.63. The number of carbonyl (C=O) groups is 1. The molecule has 1 aromatic heterocycles. The Bertz CT molecular complexity index is 443. The lowest BCUT2D eigenvalue weighted by atomic mass is 9.60. The summed E-state index contributed by atoms with van der Waals surface area (Å²) in [6, 6.07) is 0.237. The Kier molecular flexibility index (Phi) is 3.54. The van der Waals surface area contributed by atoms with Crippen LogP contribution in [0.15, 0.2) is 5.38 Å². The first kappa shape index (κ1) is 13.0. The van der Waals surface area contributed by atoms with E-state index in [0.29, 0.717) is 11.8 Å². The van der Waals surface area contributed by atoms with E-state index in [-0.39, 0.29) is 17.4 Å². The number of hydrogen-bond acceptors (Lipinski definition) is 5. The number of amides is 1. The highest BCUT2D eigenvalue weighted by Crippen LogP contribution is 2.54. The Morgan fingerprint density at radius 1 is 1.58 bits per heavy atom. The van der Waals surface area contributed by atoms with Gasteiger partial charge in [0, 0.05) is 23.4 Å². The first-order valence-corrected chi connectivity index (χ1v) is 7.79. The van der Waals surface area contributed by atoms with Gasteiger partial charge in [-0.1, -0.05) is 17.3 Å². The van der Waals surface area contributed by atoms with E-state index in [9.17, 15) is 4.79 Å². The Morgan fingerprint density at radius 3 is 3.00 bits per heavy atom. The lowest BCUT2D eigenvalue weighted by molar-refractivity contribution is -0.127. The minimum Gasteiger partial charge on any atom is -0.378 e. The maximum atomic E-state index is 12.1. The highest BCUT2D eigenvalue weighted by Gasteiger charge is 2.57. The van der Waals surface area contributed by atoms with E-state index in [2.05, 4.69) is 14.9 Å². The number of nitrogens with zero attached hydrogens (tertiary/aromatic N) is 2. The largest absolute Gasteiger partial charge is 0.378 e. The second kappa shape index (κ2) is 5.17. The summed E-state index contributed by atoms with van der Waals surface area (Å²) in [7, 11) is 0. The third-order valence-corrected chi connectivity index (χ3v) is 5.09. The van der Waals surface area contributed by atoms with E-state index in [0.717, 1.165) is 25.9 Å². The molecule has 2 fully saturated rings. The highest BCUT2D eigenvalue weighted by atomic mass is 32.1. The molecule has 2 aliphatic carbocycles. The van der Waals surface area contributed by atoms with E-state index in [1.165, 1.54) is 24.4 Å². The van der Waals surface area contributed by atoms with Crippen LogP contribution in [0.4, 0.5) is 0 Å². The second-order valence-corrected chi connectivity index (χ2v) is 6.05. The van der Waals surface area contributed by atoms with Crippen molar-refractivity contribution in [1.82, 2.24) is 14.9 Å². The van der Waals surface area contributed by atoms with Gasteiger partial charge in [0.05, 0.1) is 6.10 Å². The van der Waals surface area contributed by atoms with Crippen molar-refractivity contribution in [3.63, 3.8) is 0 Å². The fraction of sp³-hybridized carbons (Fsp3) is 0.769. The van der Waals surface area contributed by atoms with Crippen LogP contribution >= 0.6 is 11.5 Å². The standard InChI is InChI=1S/C13H19N3O2S/c1-2-18-11-7-10(13(11)5-3-4-6-13)14-12(17)9-8-19-16-15-9/h8,10-11H,2-7H2,1H3,(H,14,17)/t10-,11+/m1/s1. The van der Waals surface area contributed by atoms with Gasteiger partial charge in [-0.05, 0) is 37.7 Å². The average Bonchev–Trinajstić information content (AvgIpc) is 3.09. The number of carbonyl (C=O) groups excluding carboxylic acids is 1. The molecule has 104 valence electrons. The Morgan fingerprint density at radius 2 is 2.37 bits per heavy atom. The van der Waals surface area contributed by atoms with E-state index in [1.54, 1.807) is 5.38 Å². The molecule has 1 spiro atoms. The Balaban J connectivity index is 1.67. The first-order valence-electron chi connectivity index (χ1n) is 6.96. The molecule has 3 rings (SSSR count). The summed E-state index contributed by atoms with van der Waals surface area (Å²) in [6.45, 7) is 2.79. The van der Waals surface area contributed by atoms with Gasteiger partial charge in [0.25, 0.3) is 5.91 Å². The van der Waals surface area contributed by atoms with Crippen molar-refractivity contribution >= 4 is 17.4 Å². The SMILES string of the molecule is CCO[C@H]1C[C@@H](NC(=O)c2csnn2)C12CCCC2. The zero-order valence-electron chi connectivity index (χ0n) is 11.1. The van der Waals surface area contributed by atoms with Crippen molar-refractivity contribution in [3.8, 4) is 0 Å². The fourth-order valence-electron chi connectivity index (χ4n) is 3.58. The van der Waals surface area contributed by atoms with Gasteiger partial charge in [0.15, 0.2) is 5.69 Å². The van der Waals surface area contributed by atoms with Crippen LogP contribution in [0.25, 0.3) is 0 Å². The molecule has 0 aromatic carbocycles. The molecule has 2 atom stereocenters. The molecule has 5 nitrogen and oxygen atoms in total. The van der Waals surface area contributed by atoms with Crippen LogP contribution in [-0.2, 0) is 4.74 Å². The second-order valence-electron chi connectivity index (χ2n) is 5.44. The highest BCUT2D eigenvalue weighted by molar-refractivity contribution is 7.03. The van der Waals surface area contributed by atoms with Crippen molar-refractivity contribution in [1.29, 1.82) is 0 Å². The quantitative estimate of drug-likeness (QED) is 0.917. The normalized spacial score (nSPS) is 28.3. The molecule has 19 heavy (non-hydrogen) atoms. The van der Waals surface area contributed by atoms with Crippen LogP contribution in [0.2, 0.25) is 0 Å². The third-order valence-electron chi connectivity index (χ3n) is 4.59. The minimum atomic E-state index is -0.0972. The molecule has 0 radical (unpaired) electrons. The minimum absolute atomic E-state index is 0.0972. The molecule has 2 saturated carbocycles. The molecule has 1 amide bonds. The lowest BCUT2D eigenvalue weighted by Gasteiger charge is -2.53. The van der Waals surface area contributed by atoms with Gasteiger partial charge < -0.3 is 10.1 Å². The van der Waals surface area contributed by atoms with E-state index in [1.807, 2.05) is 6.92 Å². The molecule has 0 saturated heterocycles. The van der Waals surface area contributed by atoms with Crippen LogP contribution in [0.3, 0.4) is 0 Å². The smallest absolute Gasteiger partial charge is 0.272 e. The number of nitrogens with one attached hydrogen (secondary N) is 1. The van der Waals surface area contributed by atoms with Crippen LogP contribution in [0.1, 0.15) is 49.5 Å². The number of hydrogen-bond donors (Lipinski definition) is 1. The van der Waals surface area contributed by atoms with Crippen LogP contribution < -0.4 is 5.32 Å². The summed E-state index contributed by atoms with van der Waals surface area (Å²) in [4.78, 5) is 12.1. The van der Waals surface area contributed by atoms with Gasteiger partial charge in [-0.15, -0.1) is 5.10 Å². The van der Waals surface area contributed by atoms with Crippen LogP contribution in [0.5, 0.6) is 0 Å². The molecule has 0 bridgehead atoms. The Labute approximate surface area is 116 Å². The van der Waals surface area contributed by atoms with Crippen molar-refractivity contribution < 1.29 is 9.53 Å². The summed E-state index contributed by atoms with van der Waals surface area (Å²) in [6.07, 6.45) is 6.06. The predicted octanol–water partition coefficient (Wildman–Crippen LogP) is 2.01. The van der Waals surface area contributed by atoms with E-state index < -0.39 is 0 Å². The molecule has 1 aromatic rings. The molecule has 0 unspecified atom stereocenters. The average molecular weight is 281 g/mol. The maximum Gasteiger partial charge on any atom is 0.272 e. The summed E-state index contributed by atoms with van der Waals surface area (Å²) >= 11 is 1.21. The van der Waals surface area contributed by atoms with Crippen molar-refractivity contribution in [2.75, 3.05) is 6.61 Å². The van der Waals surface area contributed by atoms with Crippen molar-refractivity contribution in [3.05, 3.63) is 11.1 Å². The molecule has 6 heteroatoms. The topological polar surface area (TPSA) is 64.1 Å². The van der Waals surface area contributed by atoms with Gasteiger partial charge in [0.2, 0.25) is 0 Å². The van der Waals surface area contributed by atoms with Crippen molar-refractivity contribution in [2.45, 2.75) is 51.2 Å². The van der Waals surface area contributed by atoms with Gasteiger partial charge in [-0.3, -0.25) is 4.79 Å². The van der Waals surface area contributed by atoms with E-state index in [4.69, 9.17) is 4.74 Å². The summed E-state index contributed by atoms with van der Waals surface area (Å²) in [5.74, 6) is -0.0972. The first-order chi connectivity index (χ1) is 9.26. The van der Waals surface area contributed by atoms with Gasteiger partial charge in [0.1, 0.15) is 0 Å². The zero-order valence-corrected chi connectivity index (χ0v) is 11.9. The summed E-state index contributed by atoms with van der Waals surface area (Å²) in [5.41, 5.74) is 0.604. The van der Waals surface area contributed by atoms with E-state index >= 15 is 0 Å². The summed E-state index contributed by atoms with van der Waals surface area (Å²) in [5, 5.41) is 8.64. The van der Waals surface area contributed by atoms with Gasteiger partial charge in [-0.25, -0.2) is 0 Å². The molecular weight excluding hydrogens is 262 g/mol. The number of rotatable bonds is 4. The number of ether oxygens (including phenoxy) is 1. The van der Waals surface area contributed by atoms with Crippen molar-refractivity contribution in [2.24, 2.45) is 5.41 Å². The molecule has 0 aliphatic heterocycles. The zero-order chi connectivity index (χ0) is 13.3. The van der Waals surface area contributed by atoms with Crippen LogP contribution in [0, 0.1) is 5.41 Å². The summed E-state index contributed by atoms with van der Waals surface area (Å²) < 4.78 is 9.57. The molecule has 2 aliphatic rings. The molecule has 1 N–H and O–H groups in total. The monoisotopic (exact) mass is 281 g/mol. The molecular formula is C13H19N3O2S. The molecule has 1 heterocycles. The van der Waals surface area contributed by atoms with Crippen LogP contribution in [-0.4, -0.2) is 34.2 Å².